The second-order valence-corrected chi connectivity index (χ2v) is 4.98. The Morgan fingerprint density at radius 2 is 1.90 bits per heavy atom. The number of rotatable bonds is 5. The normalized spacial score (nSPS) is 10.4. The average Bonchev–Trinajstić information content (AvgIpc) is 2.46. The third-order valence-corrected chi connectivity index (χ3v) is 3.30. The van der Waals surface area contributed by atoms with Crippen molar-refractivity contribution in [2.24, 2.45) is 0 Å². The molecule has 0 spiro atoms. The molecule has 1 heterocycles. The van der Waals surface area contributed by atoms with Crippen LogP contribution >= 0.6 is 0 Å². The van der Waals surface area contributed by atoms with Gasteiger partial charge in [-0.15, -0.1) is 0 Å². The van der Waals surface area contributed by atoms with Crippen LogP contribution in [0, 0.1) is 13.8 Å². The lowest BCUT2D eigenvalue weighted by Gasteiger charge is -2.12. The van der Waals surface area contributed by atoms with Gasteiger partial charge in [-0.1, -0.05) is 25.1 Å². The Kier molecular flexibility index (Phi) is 5.06. The highest BCUT2D eigenvalue weighted by Crippen LogP contribution is 2.17. The van der Waals surface area contributed by atoms with Crippen LogP contribution in [0.25, 0.3) is 0 Å². The van der Waals surface area contributed by atoms with Gasteiger partial charge in [0.25, 0.3) is 5.91 Å². The summed E-state index contributed by atoms with van der Waals surface area (Å²) in [5.74, 6) is -0.121. The Hall–Kier alpha value is -2.20. The molecule has 110 valence electrons. The number of hydrogen-bond acceptors (Lipinski definition) is 3. The molecule has 4 heteroatoms. The first-order chi connectivity index (χ1) is 10.1. The van der Waals surface area contributed by atoms with E-state index in [4.69, 9.17) is 0 Å². The second-order valence-electron chi connectivity index (χ2n) is 4.98. The molecule has 0 atom stereocenters. The van der Waals surface area contributed by atoms with Crippen molar-refractivity contribution in [3.63, 3.8) is 0 Å². The Morgan fingerprint density at radius 1 is 1.14 bits per heavy atom. The lowest BCUT2D eigenvalue weighted by Crippen LogP contribution is -2.18. The van der Waals surface area contributed by atoms with Crippen LogP contribution < -0.4 is 10.6 Å². The number of anilines is 1. The van der Waals surface area contributed by atoms with E-state index in [2.05, 4.69) is 22.5 Å². The smallest absolute Gasteiger partial charge is 0.257 e. The Balaban J connectivity index is 2.19. The van der Waals surface area contributed by atoms with Crippen LogP contribution in [-0.2, 0) is 6.54 Å². The number of aromatic nitrogens is 1. The van der Waals surface area contributed by atoms with Crippen molar-refractivity contribution < 1.29 is 4.79 Å². The molecule has 0 bridgehead atoms. The molecule has 0 aliphatic carbocycles. The molecule has 1 amide bonds. The highest BCUT2D eigenvalue weighted by molar-refractivity contribution is 6.05. The molecular weight excluding hydrogens is 262 g/mol. The van der Waals surface area contributed by atoms with Crippen molar-refractivity contribution in [1.82, 2.24) is 10.3 Å². The van der Waals surface area contributed by atoms with E-state index in [0.29, 0.717) is 5.56 Å². The van der Waals surface area contributed by atoms with Crippen molar-refractivity contribution in [2.75, 3.05) is 11.9 Å². The van der Waals surface area contributed by atoms with Crippen LogP contribution in [0.5, 0.6) is 0 Å². The number of aryl methyl sites for hydroxylation is 2. The summed E-state index contributed by atoms with van der Waals surface area (Å²) in [7, 11) is 0. The Labute approximate surface area is 125 Å². The van der Waals surface area contributed by atoms with Crippen molar-refractivity contribution in [3.05, 3.63) is 58.9 Å². The molecule has 0 aliphatic heterocycles. The quantitative estimate of drug-likeness (QED) is 0.886. The standard InChI is InChI=1S/C17H21N3O/c1-4-18-11-14-7-5-6-8-16(14)20-17(21)15-10-9-12(2)19-13(15)3/h5-10,18H,4,11H2,1-3H3,(H,20,21). The second kappa shape index (κ2) is 6.99. The number of amides is 1. The monoisotopic (exact) mass is 283 g/mol. The number of hydrogen-bond donors (Lipinski definition) is 2. The molecular formula is C17H21N3O. The number of nitrogens with one attached hydrogen (secondary N) is 2. The first kappa shape index (κ1) is 15.2. The maximum atomic E-state index is 12.4. The van der Waals surface area contributed by atoms with Gasteiger partial charge in [0.05, 0.1) is 11.3 Å². The van der Waals surface area contributed by atoms with Gasteiger partial charge in [0.1, 0.15) is 0 Å². The van der Waals surface area contributed by atoms with E-state index in [1.165, 1.54) is 0 Å². The maximum absolute atomic E-state index is 12.4. The third kappa shape index (κ3) is 3.89. The Bertz CT molecular complexity index is 638. The number of benzene rings is 1. The van der Waals surface area contributed by atoms with Crippen LogP contribution in [-0.4, -0.2) is 17.4 Å². The number of pyridine rings is 1. The van der Waals surface area contributed by atoms with Crippen molar-refractivity contribution in [3.8, 4) is 0 Å². The van der Waals surface area contributed by atoms with E-state index in [0.717, 1.165) is 35.7 Å². The highest BCUT2D eigenvalue weighted by atomic mass is 16.1. The predicted octanol–water partition coefficient (Wildman–Crippen LogP) is 3.06. The van der Waals surface area contributed by atoms with Crippen LogP contribution in [0.15, 0.2) is 36.4 Å². The first-order valence-electron chi connectivity index (χ1n) is 7.16. The lowest BCUT2D eigenvalue weighted by atomic mass is 10.1. The summed E-state index contributed by atoms with van der Waals surface area (Å²) in [6, 6.07) is 11.5. The minimum Gasteiger partial charge on any atom is -0.322 e. The maximum Gasteiger partial charge on any atom is 0.257 e. The van der Waals surface area contributed by atoms with Gasteiger partial charge in [0.2, 0.25) is 0 Å². The van der Waals surface area contributed by atoms with Gasteiger partial charge in [-0.3, -0.25) is 9.78 Å². The molecule has 0 saturated heterocycles. The fourth-order valence-electron chi connectivity index (χ4n) is 2.17. The molecule has 0 unspecified atom stereocenters. The highest BCUT2D eigenvalue weighted by Gasteiger charge is 2.12. The molecule has 0 aliphatic rings. The first-order valence-corrected chi connectivity index (χ1v) is 7.16. The molecule has 21 heavy (non-hydrogen) atoms. The summed E-state index contributed by atoms with van der Waals surface area (Å²) in [5.41, 5.74) is 4.18. The fourth-order valence-corrected chi connectivity index (χ4v) is 2.17. The summed E-state index contributed by atoms with van der Waals surface area (Å²) in [6.07, 6.45) is 0. The third-order valence-electron chi connectivity index (χ3n) is 3.30. The Morgan fingerprint density at radius 3 is 2.62 bits per heavy atom. The molecule has 0 radical (unpaired) electrons. The summed E-state index contributed by atoms with van der Waals surface area (Å²) in [4.78, 5) is 16.7. The molecule has 2 aromatic rings. The van der Waals surface area contributed by atoms with Gasteiger partial charge in [-0.2, -0.15) is 0 Å². The zero-order valence-electron chi connectivity index (χ0n) is 12.7. The zero-order valence-corrected chi connectivity index (χ0v) is 12.7. The molecule has 1 aromatic carbocycles. The van der Waals surface area contributed by atoms with E-state index in [1.54, 1.807) is 0 Å². The largest absolute Gasteiger partial charge is 0.322 e. The van der Waals surface area contributed by atoms with Crippen LogP contribution in [0.3, 0.4) is 0 Å². The summed E-state index contributed by atoms with van der Waals surface area (Å²) in [5, 5.41) is 6.25. The predicted molar refractivity (Wildman–Crippen MR) is 85.5 cm³/mol. The summed E-state index contributed by atoms with van der Waals surface area (Å²) in [6.45, 7) is 7.46. The SMILES string of the molecule is CCNCc1ccccc1NC(=O)c1ccc(C)nc1C. The van der Waals surface area contributed by atoms with Crippen molar-refractivity contribution in [1.29, 1.82) is 0 Å². The minimum atomic E-state index is -0.121. The van der Waals surface area contributed by atoms with Crippen LogP contribution in [0.4, 0.5) is 5.69 Å². The molecule has 2 N–H and O–H groups in total. The summed E-state index contributed by atoms with van der Waals surface area (Å²) >= 11 is 0. The van der Waals surface area contributed by atoms with E-state index in [1.807, 2.05) is 50.2 Å². The number of nitrogens with zero attached hydrogens (tertiary/aromatic N) is 1. The van der Waals surface area contributed by atoms with E-state index in [-0.39, 0.29) is 5.91 Å². The lowest BCUT2D eigenvalue weighted by molar-refractivity contribution is 0.102. The van der Waals surface area contributed by atoms with Crippen LogP contribution in [0.1, 0.15) is 34.2 Å². The average molecular weight is 283 g/mol. The number of carbonyl (C=O) groups excluding carboxylic acids is 1. The van der Waals surface area contributed by atoms with Gasteiger partial charge in [-0.05, 0) is 44.2 Å². The molecule has 0 saturated carbocycles. The topological polar surface area (TPSA) is 54.0 Å². The molecule has 1 aromatic heterocycles. The van der Waals surface area contributed by atoms with Crippen molar-refractivity contribution >= 4 is 11.6 Å². The van der Waals surface area contributed by atoms with Gasteiger partial charge in [0.15, 0.2) is 0 Å². The fraction of sp³-hybridized carbons (Fsp3) is 0.294. The van der Waals surface area contributed by atoms with Gasteiger partial charge in [-0.25, -0.2) is 0 Å². The van der Waals surface area contributed by atoms with Gasteiger partial charge in [0, 0.05) is 17.9 Å². The molecule has 2 rings (SSSR count). The number of carbonyl (C=O) groups is 1. The van der Waals surface area contributed by atoms with Gasteiger partial charge < -0.3 is 10.6 Å². The van der Waals surface area contributed by atoms with E-state index < -0.39 is 0 Å². The van der Waals surface area contributed by atoms with Crippen molar-refractivity contribution in [2.45, 2.75) is 27.3 Å². The van der Waals surface area contributed by atoms with E-state index in [9.17, 15) is 4.79 Å². The summed E-state index contributed by atoms with van der Waals surface area (Å²) < 4.78 is 0. The minimum absolute atomic E-state index is 0.121. The molecule has 0 fully saturated rings. The zero-order chi connectivity index (χ0) is 15.2. The van der Waals surface area contributed by atoms with Crippen LogP contribution in [0.2, 0.25) is 0 Å². The number of para-hydroxylation sites is 1. The van der Waals surface area contributed by atoms with Gasteiger partial charge >= 0.3 is 0 Å². The molecule has 4 nitrogen and oxygen atoms in total. The van der Waals surface area contributed by atoms with E-state index >= 15 is 0 Å².